The molecule has 0 radical (unpaired) electrons. The van der Waals surface area contributed by atoms with Crippen molar-refractivity contribution < 1.29 is 9.47 Å². The topological polar surface area (TPSA) is 64.8 Å². The van der Waals surface area contributed by atoms with Crippen LogP contribution in [0.4, 0.5) is 0 Å². The monoisotopic (exact) mass is 401 g/mol. The zero-order valence-corrected chi connectivity index (χ0v) is 16.8. The summed E-state index contributed by atoms with van der Waals surface area (Å²) in [5.74, 6) is 0.841. The van der Waals surface area contributed by atoms with E-state index in [2.05, 4.69) is 44.5 Å². The molecule has 0 aliphatic carbocycles. The third-order valence-corrected chi connectivity index (χ3v) is 5.47. The molecule has 0 bridgehead atoms. The van der Waals surface area contributed by atoms with E-state index in [0.717, 1.165) is 47.7 Å². The van der Waals surface area contributed by atoms with E-state index in [4.69, 9.17) is 9.47 Å². The molecule has 5 rings (SSSR count). The average Bonchev–Trinajstić information content (AvgIpc) is 3.23. The van der Waals surface area contributed by atoms with Gasteiger partial charge in [-0.15, -0.1) is 5.10 Å². The van der Waals surface area contributed by atoms with Crippen molar-refractivity contribution in [3.8, 4) is 16.9 Å². The summed E-state index contributed by atoms with van der Waals surface area (Å²) in [4.78, 5) is 6.48. The molecule has 30 heavy (non-hydrogen) atoms. The van der Waals surface area contributed by atoms with Gasteiger partial charge in [-0.2, -0.15) is 0 Å². The summed E-state index contributed by atoms with van der Waals surface area (Å²) < 4.78 is 13.1. The van der Waals surface area contributed by atoms with Gasteiger partial charge in [-0.3, -0.25) is 9.88 Å². The van der Waals surface area contributed by atoms with E-state index in [1.807, 2.05) is 47.4 Å². The molecule has 1 atom stereocenters. The minimum Gasteiger partial charge on any atom is -0.497 e. The van der Waals surface area contributed by atoms with Crippen LogP contribution in [0.3, 0.4) is 0 Å². The Hall–Kier alpha value is -3.29. The maximum atomic E-state index is 6.06. The second kappa shape index (κ2) is 8.22. The zero-order chi connectivity index (χ0) is 20.3. The number of benzene rings is 1. The second-order valence-corrected chi connectivity index (χ2v) is 7.40. The summed E-state index contributed by atoms with van der Waals surface area (Å²) in [5, 5.41) is 8.81. The fraction of sp³-hybridized carbons (Fsp3) is 0.261. The van der Waals surface area contributed by atoms with Gasteiger partial charge < -0.3 is 9.47 Å². The predicted octanol–water partition coefficient (Wildman–Crippen LogP) is 3.37. The van der Waals surface area contributed by atoms with E-state index in [0.29, 0.717) is 6.61 Å². The Labute approximate surface area is 174 Å². The quantitative estimate of drug-likeness (QED) is 0.511. The van der Waals surface area contributed by atoms with Gasteiger partial charge >= 0.3 is 0 Å². The van der Waals surface area contributed by atoms with Crippen molar-refractivity contribution >= 4 is 5.52 Å². The normalized spacial score (nSPS) is 17.3. The fourth-order valence-electron chi connectivity index (χ4n) is 3.86. The third-order valence-electron chi connectivity index (χ3n) is 5.47. The predicted molar refractivity (Wildman–Crippen MR) is 113 cm³/mol. The largest absolute Gasteiger partial charge is 0.497 e. The first-order valence-electron chi connectivity index (χ1n) is 10.0. The SMILES string of the molecule is COc1ccc(-c2ccc3c([C@@H]4CN(Cc5ccncc5)CCO4)nnn3c2)cc1. The van der Waals surface area contributed by atoms with Gasteiger partial charge in [0.25, 0.3) is 0 Å². The number of hydrogen-bond donors (Lipinski definition) is 0. The van der Waals surface area contributed by atoms with E-state index in [9.17, 15) is 0 Å². The standard InChI is InChI=1S/C23H23N5O2/c1-29-20-5-2-18(3-6-20)19-4-7-21-23(25-26-28(21)15-19)22-16-27(12-13-30-22)14-17-8-10-24-11-9-17/h2-11,15,22H,12-14,16H2,1H3/t22-/m0/s1. The average molecular weight is 401 g/mol. The number of aromatic nitrogens is 4. The summed E-state index contributed by atoms with van der Waals surface area (Å²) in [6.45, 7) is 3.25. The number of nitrogens with zero attached hydrogens (tertiary/aromatic N) is 5. The van der Waals surface area contributed by atoms with E-state index in [1.165, 1.54) is 5.56 Å². The van der Waals surface area contributed by atoms with Crippen molar-refractivity contribution in [2.75, 3.05) is 26.8 Å². The van der Waals surface area contributed by atoms with E-state index in [1.54, 1.807) is 7.11 Å². The molecule has 1 aromatic carbocycles. The number of methoxy groups -OCH3 is 1. The van der Waals surface area contributed by atoms with Crippen molar-refractivity contribution in [1.29, 1.82) is 0 Å². The summed E-state index contributed by atoms with van der Waals surface area (Å²) in [5.41, 5.74) is 5.29. The molecule has 0 unspecified atom stereocenters. The molecule has 0 amide bonds. The van der Waals surface area contributed by atoms with Crippen LogP contribution in [-0.4, -0.2) is 51.5 Å². The van der Waals surface area contributed by atoms with Crippen molar-refractivity contribution in [2.45, 2.75) is 12.6 Å². The highest BCUT2D eigenvalue weighted by Crippen LogP contribution is 2.28. The lowest BCUT2D eigenvalue weighted by atomic mass is 10.1. The molecule has 3 aromatic heterocycles. The minimum atomic E-state index is -0.0927. The van der Waals surface area contributed by atoms with Crippen LogP contribution >= 0.6 is 0 Å². The zero-order valence-electron chi connectivity index (χ0n) is 16.8. The Morgan fingerprint density at radius 1 is 1.03 bits per heavy atom. The summed E-state index contributed by atoms with van der Waals surface area (Å²) in [6.07, 6.45) is 5.58. The molecule has 0 saturated carbocycles. The van der Waals surface area contributed by atoms with Crippen LogP contribution < -0.4 is 4.74 Å². The Balaban J connectivity index is 1.36. The highest BCUT2D eigenvalue weighted by atomic mass is 16.5. The highest BCUT2D eigenvalue weighted by molar-refractivity contribution is 5.66. The number of fused-ring (bicyclic) bond motifs is 1. The molecule has 4 heterocycles. The minimum absolute atomic E-state index is 0.0927. The molecular weight excluding hydrogens is 378 g/mol. The number of morpholine rings is 1. The van der Waals surface area contributed by atoms with Gasteiger partial charge in [0.15, 0.2) is 0 Å². The molecule has 7 heteroatoms. The molecular formula is C23H23N5O2. The highest BCUT2D eigenvalue weighted by Gasteiger charge is 2.26. The lowest BCUT2D eigenvalue weighted by Gasteiger charge is -2.32. The smallest absolute Gasteiger partial charge is 0.121 e. The lowest BCUT2D eigenvalue weighted by molar-refractivity contribution is -0.0343. The number of hydrogen-bond acceptors (Lipinski definition) is 6. The van der Waals surface area contributed by atoms with Crippen LogP contribution in [0.25, 0.3) is 16.6 Å². The van der Waals surface area contributed by atoms with Crippen LogP contribution in [0, 0.1) is 0 Å². The molecule has 152 valence electrons. The van der Waals surface area contributed by atoms with Crippen molar-refractivity contribution in [3.63, 3.8) is 0 Å². The Bertz CT molecular complexity index is 1130. The van der Waals surface area contributed by atoms with Crippen LogP contribution in [0.15, 0.2) is 67.1 Å². The Morgan fingerprint density at radius 3 is 2.63 bits per heavy atom. The van der Waals surface area contributed by atoms with Crippen molar-refractivity contribution in [2.24, 2.45) is 0 Å². The van der Waals surface area contributed by atoms with Gasteiger partial charge in [0.05, 0.1) is 19.2 Å². The second-order valence-electron chi connectivity index (χ2n) is 7.40. The van der Waals surface area contributed by atoms with Crippen LogP contribution in [0.2, 0.25) is 0 Å². The summed E-state index contributed by atoms with van der Waals surface area (Å²) in [6, 6.07) is 16.3. The maximum Gasteiger partial charge on any atom is 0.121 e. The van der Waals surface area contributed by atoms with E-state index in [-0.39, 0.29) is 6.10 Å². The van der Waals surface area contributed by atoms with Gasteiger partial charge in [0.1, 0.15) is 17.5 Å². The molecule has 0 spiro atoms. The van der Waals surface area contributed by atoms with Crippen molar-refractivity contribution in [1.82, 2.24) is 24.7 Å². The molecule has 1 aliphatic rings. The maximum absolute atomic E-state index is 6.06. The van der Waals surface area contributed by atoms with Crippen LogP contribution in [-0.2, 0) is 11.3 Å². The fourth-order valence-corrected chi connectivity index (χ4v) is 3.86. The lowest BCUT2D eigenvalue weighted by Crippen LogP contribution is -2.38. The first kappa shape index (κ1) is 18.7. The van der Waals surface area contributed by atoms with Gasteiger partial charge in [0, 0.05) is 43.8 Å². The summed E-state index contributed by atoms with van der Waals surface area (Å²) in [7, 11) is 1.67. The first-order valence-corrected chi connectivity index (χ1v) is 10.0. The van der Waals surface area contributed by atoms with Gasteiger partial charge in [0.2, 0.25) is 0 Å². The van der Waals surface area contributed by atoms with E-state index >= 15 is 0 Å². The number of rotatable bonds is 5. The molecule has 0 N–H and O–H groups in total. The van der Waals surface area contributed by atoms with E-state index < -0.39 is 0 Å². The number of ether oxygens (including phenoxy) is 2. The number of pyridine rings is 2. The molecule has 7 nitrogen and oxygen atoms in total. The molecule has 1 aliphatic heterocycles. The molecule has 4 aromatic rings. The van der Waals surface area contributed by atoms with Gasteiger partial charge in [-0.05, 0) is 41.5 Å². The van der Waals surface area contributed by atoms with Gasteiger partial charge in [-0.25, -0.2) is 4.52 Å². The first-order chi connectivity index (χ1) is 14.8. The van der Waals surface area contributed by atoms with Crippen molar-refractivity contribution in [3.05, 3.63) is 78.4 Å². The molecule has 1 fully saturated rings. The third kappa shape index (κ3) is 3.77. The van der Waals surface area contributed by atoms with Crippen LogP contribution in [0.5, 0.6) is 5.75 Å². The summed E-state index contributed by atoms with van der Waals surface area (Å²) >= 11 is 0. The molecule has 1 saturated heterocycles. The Kier molecular flexibility index (Phi) is 5.13. The Morgan fingerprint density at radius 2 is 1.83 bits per heavy atom. The van der Waals surface area contributed by atoms with Gasteiger partial charge in [-0.1, -0.05) is 23.4 Å². The van der Waals surface area contributed by atoms with Crippen LogP contribution in [0.1, 0.15) is 17.4 Å².